The Morgan fingerprint density at radius 3 is 2.71 bits per heavy atom. The van der Waals surface area contributed by atoms with E-state index in [2.05, 4.69) is 25.8 Å². The van der Waals surface area contributed by atoms with Gasteiger partial charge in [0.15, 0.2) is 11.5 Å². The minimum Gasteiger partial charge on any atom is -0.438 e. The molecule has 0 radical (unpaired) electrons. The SMILES string of the molecule is CCC1=NN(C)C(C(=O)Nc2cc(Oc3ccc4nc(NC(=O)C5CC5)cn4n3)ccc2C)C1. The van der Waals surface area contributed by atoms with Gasteiger partial charge < -0.3 is 15.4 Å². The van der Waals surface area contributed by atoms with Crippen LogP contribution in [0.4, 0.5) is 11.5 Å². The van der Waals surface area contributed by atoms with Crippen LogP contribution in [0, 0.1) is 12.8 Å². The lowest BCUT2D eigenvalue weighted by atomic mass is 10.1. The summed E-state index contributed by atoms with van der Waals surface area (Å²) in [4.78, 5) is 29.2. The van der Waals surface area contributed by atoms with Crippen molar-refractivity contribution in [3.05, 3.63) is 42.1 Å². The topological polar surface area (TPSA) is 113 Å². The van der Waals surface area contributed by atoms with Gasteiger partial charge in [0.1, 0.15) is 11.8 Å². The monoisotopic (exact) mass is 461 g/mol. The molecule has 3 aromatic rings. The Morgan fingerprint density at radius 2 is 1.97 bits per heavy atom. The zero-order chi connectivity index (χ0) is 23.8. The van der Waals surface area contributed by atoms with Crippen molar-refractivity contribution in [3.63, 3.8) is 0 Å². The number of benzene rings is 1. The van der Waals surface area contributed by atoms with Crippen LogP contribution in [-0.2, 0) is 9.59 Å². The van der Waals surface area contributed by atoms with Crippen molar-refractivity contribution in [2.75, 3.05) is 17.7 Å². The molecule has 176 valence electrons. The van der Waals surface area contributed by atoms with Crippen LogP contribution in [0.1, 0.15) is 38.2 Å². The fourth-order valence-electron chi connectivity index (χ4n) is 3.86. The maximum atomic E-state index is 12.9. The summed E-state index contributed by atoms with van der Waals surface area (Å²) in [7, 11) is 1.82. The number of anilines is 2. The molecule has 1 aromatic carbocycles. The van der Waals surface area contributed by atoms with E-state index in [1.165, 1.54) is 0 Å². The van der Waals surface area contributed by atoms with E-state index in [1.54, 1.807) is 33.9 Å². The van der Waals surface area contributed by atoms with Crippen molar-refractivity contribution in [3.8, 4) is 11.6 Å². The van der Waals surface area contributed by atoms with E-state index in [0.717, 1.165) is 30.5 Å². The number of hydrogen-bond acceptors (Lipinski definition) is 7. The van der Waals surface area contributed by atoms with Gasteiger partial charge in [-0.05, 0) is 43.9 Å². The first kappa shape index (κ1) is 21.9. The molecule has 1 aliphatic carbocycles. The molecule has 1 fully saturated rings. The summed E-state index contributed by atoms with van der Waals surface area (Å²) in [5, 5.41) is 16.4. The van der Waals surface area contributed by atoms with Crippen LogP contribution >= 0.6 is 0 Å². The average Bonchev–Trinajstić information content (AvgIpc) is 3.49. The summed E-state index contributed by atoms with van der Waals surface area (Å²) in [6, 6.07) is 8.66. The van der Waals surface area contributed by atoms with E-state index in [-0.39, 0.29) is 23.8 Å². The molecule has 0 saturated heterocycles. The molecule has 2 aliphatic rings. The number of likely N-dealkylation sites (N-methyl/N-ethyl adjacent to an activating group) is 1. The largest absolute Gasteiger partial charge is 0.438 e. The van der Waals surface area contributed by atoms with Gasteiger partial charge in [-0.3, -0.25) is 14.6 Å². The molecule has 2 N–H and O–H groups in total. The molecule has 1 aliphatic heterocycles. The first-order valence-corrected chi connectivity index (χ1v) is 11.5. The Hall–Kier alpha value is -3.95. The van der Waals surface area contributed by atoms with Crippen LogP contribution in [0.5, 0.6) is 11.6 Å². The minimum absolute atomic E-state index is 0.00427. The van der Waals surface area contributed by atoms with Gasteiger partial charge in [0.05, 0.1) is 6.20 Å². The summed E-state index contributed by atoms with van der Waals surface area (Å²) >= 11 is 0. The molecular weight excluding hydrogens is 434 g/mol. The number of nitrogens with one attached hydrogen (secondary N) is 2. The van der Waals surface area contributed by atoms with Gasteiger partial charge in [0, 0.05) is 42.9 Å². The molecule has 10 nitrogen and oxygen atoms in total. The van der Waals surface area contributed by atoms with Crippen molar-refractivity contribution < 1.29 is 14.3 Å². The number of imidazole rings is 1. The summed E-state index contributed by atoms with van der Waals surface area (Å²) in [5.41, 5.74) is 3.22. The molecule has 3 heterocycles. The highest BCUT2D eigenvalue weighted by Crippen LogP contribution is 2.30. The van der Waals surface area contributed by atoms with Crippen molar-refractivity contribution in [1.29, 1.82) is 0 Å². The molecular formula is C24H27N7O3. The Kier molecular flexibility index (Phi) is 5.64. The van der Waals surface area contributed by atoms with Crippen LogP contribution in [0.15, 0.2) is 41.6 Å². The van der Waals surface area contributed by atoms with Gasteiger partial charge in [0.25, 0.3) is 0 Å². The molecule has 0 bridgehead atoms. The number of rotatable bonds is 7. The predicted octanol–water partition coefficient (Wildman–Crippen LogP) is 3.59. The molecule has 10 heteroatoms. The summed E-state index contributed by atoms with van der Waals surface area (Å²) in [5.74, 6) is 1.37. The van der Waals surface area contributed by atoms with E-state index in [0.29, 0.717) is 35.2 Å². The number of nitrogens with zero attached hydrogens (tertiary/aromatic N) is 5. The second-order valence-electron chi connectivity index (χ2n) is 8.75. The summed E-state index contributed by atoms with van der Waals surface area (Å²) in [6.45, 7) is 3.97. The second-order valence-corrected chi connectivity index (χ2v) is 8.75. The number of amides is 2. The molecule has 2 amide bonds. The van der Waals surface area contributed by atoms with Crippen LogP contribution in [-0.4, -0.2) is 50.2 Å². The van der Waals surface area contributed by atoms with Crippen molar-refractivity contribution in [2.45, 2.75) is 45.6 Å². The van der Waals surface area contributed by atoms with Gasteiger partial charge in [-0.2, -0.15) is 5.10 Å². The van der Waals surface area contributed by atoms with E-state index >= 15 is 0 Å². The van der Waals surface area contributed by atoms with Gasteiger partial charge in [0.2, 0.25) is 17.7 Å². The van der Waals surface area contributed by atoms with Crippen LogP contribution < -0.4 is 15.4 Å². The van der Waals surface area contributed by atoms with Crippen molar-refractivity contribution in [2.24, 2.45) is 11.0 Å². The summed E-state index contributed by atoms with van der Waals surface area (Å²) in [6.07, 6.45) is 4.98. The number of aromatic nitrogens is 3. The number of carbonyl (C=O) groups excluding carboxylic acids is 2. The number of ether oxygens (including phenoxy) is 1. The minimum atomic E-state index is -0.321. The maximum Gasteiger partial charge on any atom is 0.249 e. The third-order valence-corrected chi connectivity index (χ3v) is 6.07. The van der Waals surface area contributed by atoms with Crippen molar-refractivity contribution >= 4 is 34.7 Å². The van der Waals surface area contributed by atoms with E-state index in [1.807, 2.05) is 33.0 Å². The van der Waals surface area contributed by atoms with Gasteiger partial charge >= 0.3 is 0 Å². The number of hydrazone groups is 1. The molecule has 1 unspecified atom stereocenters. The highest BCUT2D eigenvalue weighted by atomic mass is 16.5. The van der Waals surface area contributed by atoms with Crippen LogP contribution in [0.2, 0.25) is 0 Å². The Morgan fingerprint density at radius 1 is 1.15 bits per heavy atom. The fraction of sp³-hybridized carbons (Fsp3) is 0.375. The number of aryl methyl sites for hydroxylation is 1. The molecule has 0 spiro atoms. The Balaban J connectivity index is 1.28. The lowest BCUT2D eigenvalue weighted by Gasteiger charge is -2.19. The Labute approximate surface area is 197 Å². The number of fused-ring (bicyclic) bond motifs is 1. The highest BCUT2D eigenvalue weighted by Gasteiger charge is 2.30. The lowest BCUT2D eigenvalue weighted by Crippen LogP contribution is -2.36. The zero-order valence-electron chi connectivity index (χ0n) is 19.4. The standard InChI is InChI=1S/C24H27N7O3/c1-4-16-11-19(30(3)28-16)24(33)25-18-12-17(8-5-14(18)2)34-22-10-9-21-26-20(13-31(21)29-22)27-23(32)15-6-7-15/h5,8-10,12-13,15,19H,4,6-7,11H2,1-3H3,(H,25,33)(H,27,32). The van der Waals surface area contributed by atoms with Gasteiger partial charge in [-0.25, -0.2) is 9.50 Å². The highest BCUT2D eigenvalue weighted by molar-refractivity contribution is 6.00. The number of carbonyl (C=O) groups is 2. The average molecular weight is 462 g/mol. The molecule has 34 heavy (non-hydrogen) atoms. The predicted molar refractivity (Wildman–Crippen MR) is 128 cm³/mol. The van der Waals surface area contributed by atoms with Gasteiger partial charge in [-0.15, -0.1) is 5.10 Å². The van der Waals surface area contributed by atoms with Crippen LogP contribution in [0.3, 0.4) is 0 Å². The van der Waals surface area contributed by atoms with E-state index in [9.17, 15) is 9.59 Å². The zero-order valence-corrected chi connectivity index (χ0v) is 19.4. The smallest absolute Gasteiger partial charge is 0.249 e. The third-order valence-electron chi connectivity index (χ3n) is 6.07. The molecule has 1 saturated carbocycles. The Bertz CT molecular complexity index is 1290. The van der Waals surface area contributed by atoms with Gasteiger partial charge in [-0.1, -0.05) is 13.0 Å². The second kappa shape index (κ2) is 8.77. The lowest BCUT2D eigenvalue weighted by molar-refractivity contribution is -0.120. The molecule has 5 rings (SSSR count). The quantitative estimate of drug-likeness (QED) is 0.556. The van der Waals surface area contributed by atoms with Crippen molar-refractivity contribution in [1.82, 2.24) is 19.6 Å². The normalized spacial score (nSPS) is 17.6. The third kappa shape index (κ3) is 4.57. The summed E-state index contributed by atoms with van der Waals surface area (Å²) < 4.78 is 7.52. The van der Waals surface area contributed by atoms with Crippen LogP contribution in [0.25, 0.3) is 5.65 Å². The first-order valence-electron chi connectivity index (χ1n) is 11.5. The maximum absolute atomic E-state index is 12.9. The molecule has 1 atom stereocenters. The first-order chi connectivity index (χ1) is 16.4. The van der Waals surface area contributed by atoms with E-state index < -0.39 is 0 Å². The fourth-order valence-corrected chi connectivity index (χ4v) is 3.86. The molecule has 2 aromatic heterocycles. The number of hydrogen-bond donors (Lipinski definition) is 2. The van der Waals surface area contributed by atoms with E-state index in [4.69, 9.17) is 4.74 Å².